The van der Waals surface area contributed by atoms with Crippen molar-refractivity contribution in [1.29, 1.82) is 0 Å². The quantitative estimate of drug-likeness (QED) is 0.773. The van der Waals surface area contributed by atoms with Gasteiger partial charge in [0, 0.05) is 12.7 Å². The second-order valence-electron chi connectivity index (χ2n) is 4.39. The second-order valence-corrected chi connectivity index (χ2v) is 4.39. The van der Waals surface area contributed by atoms with Crippen LogP contribution in [-0.2, 0) is 0 Å². The number of nitrogens with one attached hydrogen (secondary N) is 1. The van der Waals surface area contributed by atoms with Gasteiger partial charge in [-0.1, -0.05) is 24.7 Å². The zero-order valence-electron chi connectivity index (χ0n) is 10.3. The van der Waals surface area contributed by atoms with Crippen molar-refractivity contribution in [3.05, 3.63) is 29.6 Å². The Morgan fingerprint density at radius 3 is 3.11 bits per heavy atom. The summed E-state index contributed by atoms with van der Waals surface area (Å²) in [7, 11) is 0. The van der Waals surface area contributed by atoms with E-state index in [4.69, 9.17) is 5.73 Å². The first kappa shape index (κ1) is 12.6. The molecule has 0 saturated heterocycles. The Labute approximate surface area is 107 Å². The summed E-state index contributed by atoms with van der Waals surface area (Å²) in [5.41, 5.74) is 6.34. The number of carbonyl (C=O) groups excluding carboxylic acids is 1. The molecule has 2 rings (SSSR count). The van der Waals surface area contributed by atoms with Gasteiger partial charge in [0.2, 0.25) is 0 Å². The maximum Gasteiger partial charge on any atom is 0.271 e. The van der Waals surface area contributed by atoms with Crippen LogP contribution in [0.3, 0.4) is 0 Å². The van der Waals surface area contributed by atoms with Crippen LogP contribution < -0.4 is 11.1 Å². The van der Waals surface area contributed by atoms with Gasteiger partial charge in [-0.05, 0) is 24.5 Å². The van der Waals surface area contributed by atoms with E-state index >= 15 is 0 Å². The molecule has 3 N–H and O–H groups in total. The van der Waals surface area contributed by atoms with Crippen molar-refractivity contribution in [1.82, 2.24) is 10.3 Å². The number of aromatic nitrogens is 1. The van der Waals surface area contributed by atoms with Crippen molar-refractivity contribution in [2.75, 3.05) is 13.1 Å². The van der Waals surface area contributed by atoms with Crippen molar-refractivity contribution in [2.45, 2.75) is 19.3 Å². The van der Waals surface area contributed by atoms with E-state index in [1.165, 1.54) is 12.8 Å². The SMILES string of the molecule is NCC#Cc1cccnc1C(=O)NCCC1CC1. The molecule has 4 nitrogen and oxygen atoms in total. The van der Waals surface area contributed by atoms with Gasteiger partial charge in [-0.3, -0.25) is 4.79 Å². The van der Waals surface area contributed by atoms with Gasteiger partial charge in [-0.2, -0.15) is 0 Å². The van der Waals surface area contributed by atoms with Crippen LogP contribution in [0.5, 0.6) is 0 Å². The highest BCUT2D eigenvalue weighted by molar-refractivity contribution is 5.94. The molecule has 0 spiro atoms. The summed E-state index contributed by atoms with van der Waals surface area (Å²) in [6.07, 6.45) is 5.26. The minimum Gasteiger partial charge on any atom is -0.351 e. The van der Waals surface area contributed by atoms with Gasteiger partial charge in [0.1, 0.15) is 5.69 Å². The van der Waals surface area contributed by atoms with Gasteiger partial charge in [0.05, 0.1) is 12.1 Å². The van der Waals surface area contributed by atoms with Gasteiger partial charge >= 0.3 is 0 Å². The third-order valence-electron chi connectivity index (χ3n) is 2.88. The van der Waals surface area contributed by atoms with Crippen LogP contribution in [0, 0.1) is 17.8 Å². The highest BCUT2D eigenvalue weighted by Gasteiger charge is 2.21. The lowest BCUT2D eigenvalue weighted by atomic mass is 10.2. The third kappa shape index (κ3) is 3.57. The van der Waals surface area contributed by atoms with Crippen molar-refractivity contribution in [3.63, 3.8) is 0 Å². The lowest BCUT2D eigenvalue weighted by molar-refractivity contribution is 0.0947. The van der Waals surface area contributed by atoms with E-state index in [1.54, 1.807) is 18.3 Å². The van der Waals surface area contributed by atoms with Crippen molar-refractivity contribution in [2.24, 2.45) is 11.7 Å². The summed E-state index contributed by atoms with van der Waals surface area (Å²) in [6, 6.07) is 3.55. The number of hydrogen-bond donors (Lipinski definition) is 2. The van der Waals surface area contributed by atoms with E-state index in [-0.39, 0.29) is 12.5 Å². The first-order chi connectivity index (χ1) is 8.81. The molecule has 1 amide bonds. The molecule has 0 bridgehead atoms. The molecule has 1 heterocycles. The molecule has 0 aliphatic heterocycles. The van der Waals surface area contributed by atoms with Gasteiger partial charge in [-0.15, -0.1) is 0 Å². The molecule has 1 aliphatic carbocycles. The van der Waals surface area contributed by atoms with Crippen molar-refractivity contribution < 1.29 is 4.79 Å². The summed E-state index contributed by atoms with van der Waals surface area (Å²) in [6.45, 7) is 0.988. The van der Waals surface area contributed by atoms with Crippen LogP contribution in [0.25, 0.3) is 0 Å². The number of nitrogens with two attached hydrogens (primary N) is 1. The van der Waals surface area contributed by atoms with E-state index in [0.717, 1.165) is 12.3 Å². The minimum atomic E-state index is -0.155. The zero-order valence-corrected chi connectivity index (χ0v) is 10.3. The highest BCUT2D eigenvalue weighted by atomic mass is 16.1. The molecule has 1 saturated carbocycles. The smallest absolute Gasteiger partial charge is 0.271 e. The number of pyridine rings is 1. The van der Waals surface area contributed by atoms with Gasteiger partial charge in [0.25, 0.3) is 5.91 Å². The predicted octanol–water partition coefficient (Wildman–Crippen LogP) is 0.922. The van der Waals surface area contributed by atoms with Crippen LogP contribution in [0.2, 0.25) is 0 Å². The third-order valence-corrected chi connectivity index (χ3v) is 2.88. The fourth-order valence-corrected chi connectivity index (χ4v) is 1.71. The first-order valence-corrected chi connectivity index (χ1v) is 6.23. The molecule has 1 aliphatic rings. The topological polar surface area (TPSA) is 68.0 Å². The lowest BCUT2D eigenvalue weighted by Crippen LogP contribution is -2.26. The standard InChI is InChI=1S/C14H17N3O/c15-8-1-3-12-4-2-9-16-13(12)14(18)17-10-7-11-5-6-11/h2,4,9,11H,5-8,10,15H2,(H,17,18). The van der Waals surface area contributed by atoms with Crippen LogP contribution in [0.15, 0.2) is 18.3 Å². The van der Waals surface area contributed by atoms with Crippen LogP contribution >= 0.6 is 0 Å². The van der Waals surface area contributed by atoms with E-state index in [0.29, 0.717) is 17.8 Å². The van der Waals surface area contributed by atoms with E-state index < -0.39 is 0 Å². The Balaban J connectivity index is 1.98. The zero-order chi connectivity index (χ0) is 12.8. The number of carbonyl (C=O) groups is 1. The Kier molecular flexibility index (Phi) is 4.32. The average Bonchev–Trinajstić information content (AvgIpc) is 3.20. The summed E-state index contributed by atoms with van der Waals surface area (Å²) in [5.74, 6) is 6.26. The number of hydrogen-bond acceptors (Lipinski definition) is 3. The molecule has 1 aromatic rings. The van der Waals surface area contributed by atoms with Gasteiger partial charge < -0.3 is 11.1 Å². The fraction of sp³-hybridized carbons (Fsp3) is 0.429. The lowest BCUT2D eigenvalue weighted by Gasteiger charge is -2.05. The second kappa shape index (κ2) is 6.18. The van der Waals surface area contributed by atoms with Crippen molar-refractivity contribution >= 4 is 5.91 Å². The highest BCUT2D eigenvalue weighted by Crippen LogP contribution is 2.31. The van der Waals surface area contributed by atoms with Crippen LogP contribution in [-0.4, -0.2) is 24.0 Å². The van der Waals surface area contributed by atoms with E-state index in [2.05, 4.69) is 22.1 Å². The number of nitrogens with zero attached hydrogens (tertiary/aromatic N) is 1. The Hall–Kier alpha value is -1.86. The van der Waals surface area contributed by atoms with Gasteiger partial charge in [0.15, 0.2) is 0 Å². The predicted molar refractivity (Wildman–Crippen MR) is 69.8 cm³/mol. The Bertz CT molecular complexity index is 483. The molecule has 18 heavy (non-hydrogen) atoms. The molecule has 1 fully saturated rings. The fourth-order valence-electron chi connectivity index (χ4n) is 1.71. The summed E-state index contributed by atoms with van der Waals surface area (Å²) < 4.78 is 0. The Morgan fingerprint density at radius 2 is 2.39 bits per heavy atom. The monoisotopic (exact) mass is 243 g/mol. The number of rotatable bonds is 4. The largest absolute Gasteiger partial charge is 0.351 e. The van der Waals surface area contributed by atoms with Crippen molar-refractivity contribution in [3.8, 4) is 11.8 Å². The molecule has 0 unspecified atom stereocenters. The molecular formula is C14H17N3O. The molecule has 4 heteroatoms. The van der Waals surface area contributed by atoms with E-state index in [1.807, 2.05) is 0 Å². The maximum atomic E-state index is 12.0. The first-order valence-electron chi connectivity index (χ1n) is 6.23. The maximum absolute atomic E-state index is 12.0. The molecular weight excluding hydrogens is 226 g/mol. The molecule has 94 valence electrons. The summed E-state index contributed by atoms with van der Waals surface area (Å²) >= 11 is 0. The molecule has 1 aromatic heterocycles. The van der Waals surface area contributed by atoms with Gasteiger partial charge in [-0.25, -0.2) is 4.98 Å². The number of amides is 1. The minimum absolute atomic E-state index is 0.155. The molecule has 0 aromatic carbocycles. The normalized spacial score (nSPS) is 13.6. The molecule has 0 atom stereocenters. The average molecular weight is 243 g/mol. The van der Waals surface area contributed by atoms with Crippen LogP contribution in [0.4, 0.5) is 0 Å². The summed E-state index contributed by atoms with van der Waals surface area (Å²) in [5, 5.41) is 2.89. The Morgan fingerprint density at radius 1 is 1.56 bits per heavy atom. The molecule has 0 radical (unpaired) electrons. The van der Waals surface area contributed by atoms with Crippen LogP contribution in [0.1, 0.15) is 35.3 Å². The van der Waals surface area contributed by atoms with E-state index in [9.17, 15) is 4.79 Å². The summed E-state index contributed by atoms with van der Waals surface area (Å²) in [4.78, 5) is 16.0.